The lowest BCUT2D eigenvalue weighted by Gasteiger charge is -2.29. The molecule has 1 N–H and O–H groups in total. The molecule has 1 saturated heterocycles. The summed E-state index contributed by atoms with van der Waals surface area (Å²) in [4.78, 5) is 3.97. The van der Waals surface area contributed by atoms with E-state index in [2.05, 4.69) is 47.5 Å². The van der Waals surface area contributed by atoms with Gasteiger partial charge in [0.1, 0.15) is 0 Å². The van der Waals surface area contributed by atoms with Crippen LogP contribution in [0.3, 0.4) is 0 Å². The van der Waals surface area contributed by atoms with E-state index in [1.54, 1.807) is 0 Å². The summed E-state index contributed by atoms with van der Waals surface area (Å²) in [6.45, 7) is 7.05. The molecule has 1 atom stereocenters. The van der Waals surface area contributed by atoms with Crippen molar-refractivity contribution < 1.29 is 0 Å². The predicted octanol–water partition coefficient (Wildman–Crippen LogP) is 3.24. The maximum absolute atomic E-state index is 3.64. The molecule has 1 aromatic carbocycles. The van der Waals surface area contributed by atoms with Crippen molar-refractivity contribution in [3.05, 3.63) is 30.3 Å². The zero-order chi connectivity index (χ0) is 13.3. The number of benzene rings is 1. The van der Waals surface area contributed by atoms with Crippen LogP contribution in [-0.4, -0.2) is 42.9 Å². The quantitative estimate of drug-likeness (QED) is 0.771. The van der Waals surface area contributed by atoms with Gasteiger partial charge in [0, 0.05) is 29.8 Å². The van der Waals surface area contributed by atoms with Gasteiger partial charge in [-0.15, -0.1) is 11.8 Å². The lowest BCUT2D eigenvalue weighted by molar-refractivity contribution is 0.244. The Morgan fingerprint density at radius 2 is 2.11 bits per heavy atom. The summed E-state index contributed by atoms with van der Waals surface area (Å²) in [7, 11) is 0. The minimum absolute atomic E-state index is 0.718. The summed E-state index contributed by atoms with van der Waals surface area (Å²) < 4.78 is 0. The van der Waals surface area contributed by atoms with E-state index in [0.717, 1.165) is 12.6 Å². The zero-order valence-electron chi connectivity index (χ0n) is 12.0. The molecule has 0 spiro atoms. The van der Waals surface area contributed by atoms with Gasteiger partial charge in [0.25, 0.3) is 0 Å². The van der Waals surface area contributed by atoms with E-state index < -0.39 is 0 Å². The maximum Gasteiger partial charge on any atom is 0.0195 e. The molecule has 0 amide bonds. The highest BCUT2D eigenvalue weighted by Crippen LogP contribution is 2.17. The number of hydrogen-bond acceptors (Lipinski definition) is 3. The topological polar surface area (TPSA) is 15.3 Å². The minimum Gasteiger partial charge on any atom is -0.313 e. The number of hydrogen-bond donors (Lipinski definition) is 1. The standard InChI is InChI=1S/C16H26N2S/c1-2-18(14-15-8-6-7-11-17-15)12-13-19-16-9-4-3-5-10-16/h3-5,9-10,15,17H,2,6-8,11-14H2,1H3. The van der Waals surface area contributed by atoms with E-state index in [1.807, 2.05) is 11.8 Å². The number of likely N-dealkylation sites (N-methyl/N-ethyl adjacent to an activating group) is 1. The number of nitrogens with one attached hydrogen (secondary N) is 1. The molecule has 1 unspecified atom stereocenters. The van der Waals surface area contributed by atoms with Crippen LogP contribution in [0, 0.1) is 0 Å². The summed E-state index contributed by atoms with van der Waals surface area (Å²) in [5, 5.41) is 3.64. The van der Waals surface area contributed by atoms with Crippen molar-refractivity contribution in [1.29, 1.82) is 0 Å². The van der Waals surface area contributed by atoms with Gasteiger partial charge < -0.3 is 10.2 Å². The minimum atomic E-state index is 0.718. The highest BCUT2D eigenvalue weighted by molar-refractivity contribution is 7.99. The third-order valence-corrected chi connectivity index (χ3v) is 4.75. The summed E-state index contributed by atoms with van der Waals surface area (Å²) in [6.07, 6.45) is 4.10. The first-order valence-corrected chi connectivity index (χ1v) is 8.50. The van der Waals surface area contributed by atoms with E-state index in [0.29, 0.717) is 0 Å². The molecule has 19 heavy (non-hydrogen) atoms. The second-order valence-corrected chi connectivity index (χ2v) is 6.37. The average Bonchev–Trinajstić information content (AvgIpc) is 2.48. The van der Waals surface area contributed by atoms with Crippen LogP contribution in [0.1, 0.15) is 26.2 Å². The highest BCUT2D eigenvalue weighted by Gasteiger charge is 2.15. The van der Waals surface area contributed by atoms with Gasteiger partial charge in [-0.1, -0.05) is 31.5 Å². The monoisotopic (exact) mass is 278 g/mol. The van der Waals surface area contributed by atoms with Gasteiger partial charge in [-0.2, -0.15) is 0 Å². The van der Waals surface area contributed by atoms with Gasteiger partial charge in [0.15, 0.2) is 0 Å². The SMILES string of the molecule is CCN(CCSc1ccccc1)CC1CCCCN1. The van der Waals surface area contributed by atoms with Gasteiger partial charge in [-0.3, -0.25) is 0 Å². The van der Waals surface area contributed by atoms with E-state index in [9.17, 15) is 0 Å². The average molecular weight is 278 g/mol. The van der Waals surface area contributed by atoms with Crippen LogP contribution in [0.4, 0.5) is 0 Å². The van der Waals surface area contributed by atoms with Crippen molar-refractivity contribution in [2.24, 2.45) is 0 Å². The van der Waals surface area contributed by atoms with Crippen LogP contribution in [0.15, 0.2) is 35.2 Å². The Labute approximate surface area is 122 Å². The van der Waals surface area contributed by atoms with Crippen molar-refractivity contribution in [3.63, 3.8) is 0 Å². The Morgan fingerprint density at radius 3 is 2.79 bits per heavy atom. The largest absolute Gasteiger partial charge is 0.313 e. The molecule has 1 aliphatic heterocycles. The fourth-order valence-corrected chi connectivity index (χ4v) is 3.51. The third kappa shape index (κ3) is 5.55. The molecule has 3 heteroatoms. The molecule has 1 heterocycles. The van der Waals surface area contributed by atoms with E-state index in [-0.39, 0.29) is 0 Å². The van der Waals surface area contributed by atoms with E-state index in [1.165, 1.54) is 49.5 Å². The van der Waals surface area contributed by atoms with Crippen LogP contribution >= 0.6 is 11.8 Å². The number of rotatable bonds is 7. The van der Waals surface area contributed by atoms with Crippen LogP contribution in [0.25, 0.3) is 0 Å². The van der Waals surface area contributed by atoms with Crippen molar-refractivity contribution in [3.8, 4) is 0 Å². The molecule has 0 bridgehead atoms. The first kappa shape index (κ1) is 14.9. The molecule has 0 aliphatic carbocycles. The number of thioether (sulfide) groups is 1. The lowest BCUT2D eigenvalue weighted by Crippen LogP contribution is -2.44. The Bertz CT molecular complexity index is 336. The lowest BCUT2D eigenvalue weighted by atomic mass is 10.0. The maximum atomic E-state index is 3.64. The molecule has 106 valence electrons. The first-order chi connectivity index (χ1) is 9.38. The molecular weight excluding hydrogens is 252 g/mol. The van der Waals surface area contributed by atoms with Crippen LogP contribution in [-0.2, 0) is 0 Å². The van der Waals surface area contributed by atoms with Crippen LogP contribution in [0.2, 0.25) is 0 Å². The molecule has 1 fully saturated rings. The molecule has 0 radical (unpaired) electrons. The molecule has 1 aromatic rings. The number of nitrogens with zero attached hydrogens (tertiary/aromatic N) is 1. The smallest absolute Gasteiger partial charge is 0.0195 e. The highest BCUT2D eigenvalue weighted by atomic mass is 32.2. The third-order valence-electron chi connectivity index (χ3n) is 3.76. The molecule has 1 aliphatic rings. The normalized spacial score (nSPS) is 19.8. The fourth-order valence-electron chi connectivity index (χ4n) is 2.58. The van der Waals surface area contributed by atoms with Crippen molar-refractivity contribution in [1.82, 2.24) is 10.2 Å². The molecular formula is C16H26N2S. The van der Waals surface area contributed by atoms with E-state index in [4.69, 9.17) is 0 Å². The Balaban J connectivity index is 1.67. The molecule has 0 saturated carbocycles. The fraction of sp³-hybridized carbons (Fsp3) is 0.625. The van der Waals surface area contributed by atoms with Gasteiger partial charge >= 0.3 is 0 Å². The predicted molar refractivity (Wildman–Crippen MR) is 84.9 cm³/mol. The second-order valence-electron chi connectivity index (χ2n) is 5.20. The van der Waals surface area contributed by atoms with Crippen molar-refractivity contribution in [2.75, 3.05) is 31.9 Å². The zero-order valence-corrected chi connectivity index (χ0v) is 12.8. The Hall–Kier alpha value is -0.510. The summed E-state index contributed by atoms with van der Waals surface area (Å²) in [6, 6.07) is 11.4. The summed E-state index contributed by atoms with van der Waals surface area (Å²) >= 11 is 1.96. The van der Waals surface area contributed by atoms with Crippen LogP contribution < -0.4 is 5.32 Å². The summed E-state index contributed by atoms with van der Waals surface area (Å²) in [5.41, 5.74) is 0. The summed E-state index contributed by atoms with van der Waals surface area (Å²) in [5.74, 6) is 1.19. The second kappa shape index (κ2) is 8.62. The van der Waals surface area contributed by atoms with E-state index >= 15 is 0 Å². The van der Waals surface area contributed by atoms with Gasteiger partial charge in [-0.05, 0) is 38.1 Å². The molecule has 2 nitrogen and oxygen atoms in total. The van der Waals surface area contributed by atoms with Crippen molar-refractivity contribution >= 4 is 11.8 Å². The molecule has 2 rings (SSSR count). The van der Waals surface area contributed by atoms with Gasteiger partial charge in [0.2, 0.25) is 0 Å². The van der Waals surface area contributed by atoms with Gasteiger partial charge in [-0.25, -0.2) is 0 Å². The van der Waals surface area contributed by atoms with Gasteiger partial charge in [0.05, 0.1) is 0 Å². The Kier molecular flexibility index (Phi) is 6.75. The van der Waals surface area contributed by atoms with Crippen molar-refractivity contribution in [2.45, 2.75) is 37.1 Å². The number of piperidine rings is 1. The molecule has 0 aromatic heterocycles. The first-order valence-electron chi connectivity index (χ1n) is 7.52. The Morgan fingerprint density at radius 1 is 1.26 bits per heavy atom. The van der Waals surface area contributed by atoms with Crippen LogP contribution in [0.5, 0.6) is 0 Å².